The maximum Gasteiger partial charge on any atom is 0.261 e. The zero-order chi connectivity index (χ0) is 24.0. The van der Waals surface area contributed by atoms with Crippen LogP contribution in [0.2, 0.25) is 0 Å². The van der Waals surface area contributed by atoms with Gasteiger partial charge in [-0.2, -0.15) is 0 Å². The summed E-state index contributed by atoms with van der Waals surface area (Å²) in [5.41, 5.74) is 2.30. The van der Waals surface area contributed by atoms with Crippen molar-refractivity contribution in [2.45, 2.75) is 17.9 Å². The lowest BCUT2D eigenvalue weighted by Crippen LogP contribution is -2.34. The summed E-state index contributed by atoms with van der Waals surface area (Å²) in [6, 6.07) is 21.9. The Morgan fingerprint density at radius 1 is 0.848 bits per heavy atom. The van der Waals surface area contributed by atoms with Crippen molar-refractivity contribution in [2.24, 2.45) is 0 Å². The third-order valence-corrected chi connectivity index (χ3v) is 6.63. The lowest BCUT2D eigenvalue weighted by Gasteiger charge is -2.25. The Kier molecular flexibility index (Phi) is 7.63. The van der Waals surface area contributed by atoms with Crippen molar-refractivity contribution < 1.29 is 18.0 Å². The van der Waals surface area contributed by atoms with E-state index >= 15 is 0 Å². The smallest absolute Gasteiger partial charge is 0.261 e. The molecule has 8 heteroatoms. The molecule has 0 bridgehead atoms. The molecule has 0 heterocycles. The number of benzene rings is 3. The predicted octanol–water partition coefficient (Wildman–Crippen LogP) is 3.72. The van der Waals surface area contributed by atoms with Crippen LogP contribution in [0.15, 0.2) is 83.8 Å². The van der Waals surface area contributed by atoms with E-state index in [0.717, 1.165) is 5.56 Å². The highest BCUT2D eigenvalue weighted by atomic mass is 32.2. The minimum atomic E-state index is -3.82. The summed E-state index contributed by atoms with van der Waals surface area (Å²) in [6.07, 6.45) is 0. The van der Waals surface area contributed by atoms with Crippen LogP contribution in [0.4, 0.5) is 5.69 Å². The normalized spacial score (nSPS) is 12.2. The fourth-order valence-corrected chi connectivity index (χ4v) is 4.40. The highest BCUT2D eigenvalue weighted by Gasteiger charge is 2.17. The van der Waals surface area contributed by atoms with E-state index in [0.29, 0.717) is 23.4 Å². The first-order chi connectivity index (χ1) is 15.7. The quantitative estimate of drug-likeness (QED) is 0.470. The van der Waals surface area contributed by atoms with Crippen LogP contribution in [0, 0.1) is 0 Å². The van der Waals surface area contributed by atoms with Crippen molar-refractivity contribution in [3.63, 3.8) is 0 Å². The van der Waals surface area contributed by atoms with Gasteiger partial charge in [-0.25, -0.2) is 8.42 Å². The molecule has 1 amide bonds. The van der Waals surface area contributed by atoms with Crippen LogP contribution in [0.1, 0.15) is 39.2 Å². The van der Waals surface area contributed by atoms with Crippen molar-refractivity contribution in [1.82, 2.24) is 10.2 Å². The average molecular weight is 466 g/mol. The molecule has 7 nitrogen and oxygen atoms in total. The zero-order valence-electron chi connectivity index (χ0n) is 18.8. The summed E-state index contributed by atoms with van der Waals surface area (Å²) in [5.74, 6) is -0.381. The van der Waals surface area contributed by atoms with Gasteiger partial charge in [-0.1, -0.05) is 42.5 Å². The highest BCUT2D eigenvalue weighted by molar-refractivity contribution is 7.92. The number of nitrogens with zero attached hydrogens (tertiary/aromatic N) is 1. The Morgan fingerprint density at radius 2 is 1.42 bits per heavy atom. The molecule has 3 aromatic carbocycles. The topological polar surface area (TPSA) is 95.6 Å². The van der Waals surface area contributed by atoms with Crippen LogP contribution in [0.3, 0.4) is 0 Å². The molecule has 0 aliphatic heterocycles. The summed E-state index contributed by atoms with van der Waals surface area (Å²) in [5, 5.41) is 2.94. The third-order valence-electron chi connectivity index (χ3n) is 5.23. The molecular weight excluding hydrogens is 438 g/mol. The molecule has 0 fully saturated rings. The molecule has 3 rings (SSSR count). The Balaban J connectivity index is 1.64. The second kappa shape index (κ2) is 10.4. The molecule has 0 saturated carbocycles. The van der Waals surface area contributed by atoms with E-state index in [4.69, 9.17) is 0 Å². The largest absolute Gasteiger partial charge is 0.350 e. The average Bonchev–Trinajstić information content (AvgIpc) is 2.80. The maximum absolute atomic E-state index is 12.6. The molecule has 0 saturated heterocycles. The molecule has 0 aliphatic rings. The fourth-order valence-electron chi connectivity index (χ4n) is 3.34. The molecule has 0 aliphatic carbocycles. The van der Waals surface area contributed by atoms with E-state index in [1.165, 1.54) is 43.3 Å². The summed E-state index contributed by atoms with van der Waals surface area (Å²) < 4.78 is 27.7. The van der Waals surface area contributed by atoms with Crippen molar-refractivity contribution in [3.8, 4) is 0 Å². The number of rotatable bonds is 9. The molecule has 3 aromatic rings. The standard InChI is InChI=1S/C25H27N3O4S/c1-18(29)19-11-15-23(16-12-19)33(31,32)27-22-13-9-21(10-14-22)25(30)26-17-24(28(2)3)20-7-5-4-6-8-20/h4-16,24,27H,17H2,1-3H3,(H,26,30)/t24-/m1/s1. The number of nitrogens with one attached hydrogen (secondary N) is 2. The van der Waals surface area contributed by atoms with Gasteiger partial charge >= 0.3 is 0 Å². The van der Waals surface area contributed by atoms with E-state index in [1.54, 1.807) is 12.1 Å². The molecule has 0 aromatic heterocycles. The number of likely N-dealkylation sites (N-methyl/N-ethyl adjacent to an activating group) is 1. The second-order valence-corrected chi connectivity index (χ2v) is 9.55. The van der Waals surface area contributed by atoms with Crippen molar-refractivity contribution in [2.75, 3.05) is 25.4 Å². The third kappa shape index (κ3) is 6.27. The van der Waals surface area contributed by atoms with Gasteiger partial charge in [0.05, 0.1) is 10.9 Å². The van der Waals surface area contributed by atoms with E-state index in [2.05, 4.69) is 10.0 Å². The SMILES string of the molecule is CC(=O)c1ccc(S(=O)(=O)Nc2ccc(C(=O)NC[C@H](c3ccccc3)N(C)C)cc2)cc1. The van der Waals surface area contributed by atoms with E-state index in [-0.39, 0.29) is 22.6 Å². The molecular formula is C25H27N3O4S. The second-order valence-electron chi connectivity index (χ2n) is 7.86. The summed E-state index contributed by atoms with van der Waals surface area (Å²) in [6.45, 7) is 1.85. The number of sulfonamides is 1. The van der Waals surface area contributed by atoms with Crippen molar-refractivity contribution in [1.29, 1.82) is 0 Å². The van der Waals surface area contributed by atoms with Crippen LogP contribution in [0.5, 0.6) is 0 Å². The molecule has 0 radical (unpaired) electrons. The van der Waals surface area contributed by atoms with Gasteiger partial charge in [0.2, 0.25) is 0 Å². The van der Waals surface area contributed by atoms with E-state index in [1.807, 2.05) is 49.3 Å². The predicted molar refractivity (Wildman–Crippen MR) is 129 cm³/mol. The van der Waals surface area contributed by atoms with Crippen molar-refractivity contribution in [3.05, 3.63) is 95.6 Å². The Bertz CT molecular complexity index is 1210. The number of hydrogen-bond acceptors (Lipinski definition) is 5. The first-order valence-electron chi connectivity index (χ1n) is 10.4. The van der Waals surface area contributed by atoms with Gasteiger partial charge in [-0.15, -0.1) is 0 Å². The number of carbonyl (C=O) groups is 2. The van der Waals surface area contributed by atoms with Crippen LogP contribution in [0.25, 0.3) is 0 Å². The maximum atomic E-state index is 12.6. The van der Waals surface area contributed by atoms with Crippen LogP contribution >= 0.6 is 0 Å². The Hall–Kier alpha value is -3.49. The monoisotopic (exact) mass is 465 g/mol. The van der Waals surface area contributed by atoms with Crippen LogP contribution in [-0.4, -0.2) is 45.6 Å². The summed E-state index contributed by atoms with van der Waals surface area (Å²) in [7, 11) is 0.0956. The number of hydrogen-bond donors (Lipinski definition) is 2. The summed E-state index contributed by atoms with van der Waals surface area (Å²) >= 11 is 0. The molecule has 0 spiro atoms. The zero-order valence-corrected chi connectivity index (χ0v) is 19.6. The first kappa shape index (κ1) is 24.2. The molecule has 0 unspecified atom stereocenters. The van der Waals surface area contributed by atoms with Gasteiger partial charge in [0.15, 0.2) is 5.78 Å². The first-order valence-corrected chi connectivity index (χ1v) is 11.9. The Morgan fingerprint density at radius 3 is 1.97 bits per heavy atom. The molecule has 33 heavy (non-hydrogen) atoms. The number of carbonyl (C=O) groups excluding carboxylic acids is 2. The molecule has 2 N–H and O–H groups in total. The minimum Gasteiger partial charge on any atom is -0.350 e. The highest BCUT2D eigenvalue weighted by Crippen LogP contribution is 2.19. The Labute approximate surface area is 194 Å². The van der Waals surface area contributed by atoms with Gasteiger partial charge in [0.1, 0.15) is 0 Å². The van der Waals surface area contributed by atoms with Gasteiger partial charge in [-0.3, -0.25) is 14.3 Å². The summed E-state index contributed by atoms with van der Waals surface area (Å²) in [4.78, 5) is 26.1. The molecule has 1 atom stereocenters. The van der Waals surface area contributed by atoms with Gasteiger partial charge < -0.3 is 10.2 Å². The lowest BCUT2D eigenvalue weighted by atomic mass is 10.1. The number of anilines is 1. The minimum absolute atomic E-state index is 0.0237. The molecule has 172 valence electrons. The lowest BCUT2D eigenvalue weighted by molar-refractivity contribution is 0.0941. The van der Waals surface area contributed by atoms with Crippen molar-refractivity contribution >= 4 is 27.4 Å². The van der Waals surface area contributed by atoms with E-state index in [9.17, 15) is 18.0 Å². The van der Waals surface area contributed by atoms with Gasteiger partial charge in [-0.05, 0) is 63.0 Å². The number of amides is 1. The number of Topliss-reactive ketones (excluding diaryl/α,β-unsaturated/α-hetero) is 1. The fraction of sp³-hybridized carbons (Fsp3) is 0.200. The van der Waals surface area contributed by atoms with E-state index < -0.39 is 10.0 Å². The van der Waals surface area contributed by atoms with Crippen LogP contribution < -0.4 is 10.0 Å². The van der Waals surface area contributed by atoms with Crippen LogP contribution in [-0.2, 0) is 10.0 Å². The van der Waals surface area contributed by atoms with Gasteiger partial charge in [0.25, 0.3) is 15.9 Å². The number of ketones is 1. The van der Waals surface area contributed by atoms with Gasteiger partial charge in [0, 0.05) is 23.4 Å².